The van der Waals surface area contributed by atoms with Gasteiger partial charge >= 0.3 is 0 Å². The molecule has 1 saturated heterocycles. The second-order valence-electron chi connectivity index (χ2n) is 8.05. The zero-order chi connectivity index (χ0) is 19.8. The molecule has 0 spiro atoms. The SMILES string of the molecule is Cc1ccc(-n2c(-c3ccc(N4CCC(C)CC4)nc3)nc3ccncc32)cc1. The van der Waals surface area contributed by atoms with Crippen molar-refractivity contribution in [1.82, 2.24) is 19.5 Å². The fraction of sp³-hybridized carbons (Fsp3) is 0.292. The van der Waals surface area contributed by atoms with Crippen molar-refractivity contribution in [2.75, 3.05) is 18.0 Å². The smallest absolute Gasteiger partial charge is 0.147 e. The lowest BCUT2D eigenvalue weighted by Crippen LogP contribution is -2.33. The fourth-order valence-electron chi connectivity index (χ4n) is 4.02. The van der Waals surface area contributed by atoms with E-state index >= 15 is 0 Å². The number of piperidine rings is 1. The summed E-state index contributed by atoms with van der Waals surface area (Å²) in [5.74, 6) is 2.76. The van der Waals surface area contributed by atoms with Crippen LogP contribution >= 0.6 is 0 Å². The number of hydrogen-bond acceptors (Lipinski definition) is 4. The van der Waals surface area contributed by atoms with Crippen molar-refractivity contribution >= 4 is 16.9 Å². The maximum atomic E-state index is 4.90. The minimum absolute atomic E-state index is 0.813. The molecule has 0 N–H and O–H groups in total. The molecule has 0 saturated carbocycles. The summed E-state index contributed by atoms with van der Waals surface area (Å²) in [4.78, 5) is 16.4. The Balaban J connectivity index is 1.56. The van der Waals surface area contributed by atoms with Crippen molar-refractivity contribution in [1.29, 1.82) is 0 Å². The van der Waals surface area contributed by atoms with Gasteiger partial charge in [0.05, 0.1) is 17.2 Å². The van der Waals surface area contributed by atoms with Crippen molar-refractivity contribution in [2.24, 2.45) is 5.92 Å². The first-order valence-corrected chi connectivity index (χ1v) is 10.3. The van der Waals surface area contributed by atoms with E-state index < -0.39 is 0 Å². The van der Waals surface area contributed by atoms with Crippen LogP contribution in [0.4, 0.5) is 5.82 Å². The van der Waals surface area contributed by atoms with E-state index in [1.54, 1.807) is 6.20 Å². The summed E-state index contributed by atoms with van der Waals surface area (Å²) in [5.41, 5.74) is 5.26. The number of anilines is 1. The third kappa shape index (κ3) is 3.37. The van der Waals surface area contributed by atoms with E-state index in [4.69, 9.17) is 9.97 Å². The van der Waals surface area contributed by atoms with E-state index in [1.165, 1.54) is 18.4 Å². The van der Waals surface area contributed by atoms with Crippen LogP contribution in [-0.2, 0) is 0 Å². The molecule has 146 valence electrons. The van der Waals surface area contributed by atoms with E-state index in [9.17, 15) is 0 Å². The average Bonchev–Trinajstić information content (AvgIpc) is 3.15. The summed E-state index contributed by atoms with van der Waals surface area (Å²) in [7, 11) is 0. The van der Waals surface area contributed by atoms with Gasteiger partial charge in [-0.05, 0) is 56.0 Å². The lowest BCUT2D eigenvalue weighted by atomic mass is 9.99. The molecule has 4 aromatic rings. The molecular formula is C24H25N5. The van der Waals surface area contributed by atoms with E-state index in [2.05, 4.69) is 64.7 Å². The Bertz CT molecular complexity index is 1120. The summed E-state index contributed by atoms with van der Waals surface area (Å²) in [5, 5.41) is 0. The highest BCUT2D eigenvalue weighted by Crippen LogP contribution is 2.29. The van der Waals surface area contributed by atoms with Gasteiger partial charge in [0, 0.05) is 36.7 Å². The number of aryl methyl sites for hydroxylation is 1. The van der Waals surface area contributed by atoms with E-state index in [0.29, 0.717) is 0 Å². The van der Waals surface area contributed by atoms with Crippen molar-refractivity contribution in [3.8, 4) is 17.1 Å². The van der Waals surface area contributed by atoms with E-state index in [0.717, 1.165) is 52.9 Å². The summed E-state index contributed by atoms with van der Waals surface area (Å²) >= 11 is 0. The maximum absolute atomic E-state index is 4.90. The summed E-state index contributed by atoms with van der Waals surface area (Å²) in [6, 6.07) is 14.7. The zero-order valence-corrected chi connectivity index (χ0v) is 16.9. The monoisotopic (exact) mass is 383 g/mol. The quantitative estimate of drug-likeness (QED) is 0.498. The Labute approximate surface area is 171 Å². The van der Waals surface area contributed by atoms with Crippen LogP contribution in [0.2, 0.25) is 0 Å². The average molecular weight is 383 g/mol. The van der Waals surface area contributed by atoms with Crippen LogP contribution in [0.3, 0.4) is 0 Å². The van der Waals surface area contributed by atoms with Gasteiger partial charge in [-0.15, -0.1) is 0 Å². The number of pyridine rings is 2. The van der Waals surface area contributed by atoms with Crippen molar-refractivity contribution < 1.29 is 0 Å². The van der Waals surface area contributed by atoms with E-state index in [-0.39, 0.29) is 0 Å². The molecule has 1 aromatic carbocycles. The van der Waals surface area contributed by atoms with Crippen LogP contribution in [0.1, 0.15) is 25.3 Å². The Morgan fingerprint density at radius 3 is 2.45 bits per heavy atom. The number of hydrogen-bond donors (Lipinski definition) is 0. The molecular weight excluding hydrogens is 358 g/mol. The summed E-state index contributed by atoms with van der Waals surface area (Å²) < 4.78 is 2.17. The molecule has 1 fully saturated rings. The predicted molar refractivity (Wildman–Crippen MR) is 117 cm³/mol. The fourth-order valence-corrected chi connectivity index (χ4v) is 4.02. The third-order valence-electron chi connectivity index (χ3n) is 5.86. The summed E-state index contributed by atoms with van der Waals surface area (Å²) in [6.45, 7) is 6.60. The van der Waals surface area contributed by atoms with Crippen LogP contribution in [0, 0.1) is 12.8 Å². The molecule has 3 aromatic heterocycles. The molecule has 0 unspecified atom stereocenters. The van der Waals surface area contributed by atoms with Crippen molar-refractivity contribution in [3.63, 3.8) is 0 Å². The van der Waals surface area contributed by atoms with Gasteiger partial charge < -0.3 is 4.90 Å². The highest BCUT2D eigenvalue weighted by Gasteiger charge is 2.18. The second-order valence-corrected chi connectivity index (χ2v) is 8.05. The molecule has 0 aliphatic carbocycles. The van der Waals surface area contributed by atoms with Gasteiger partial charge in [0.1, 0.15) is 11.6 Å². The van der Waals surface area contributed by atoms with Gasteiger partial charge in [0.2, 0.25) is 0 Å². The van der Waals surface area contributed by atoms with Gasteiger partial charge in [-0.2, -0.15) is 0 Å². The molecule has 5 nitrogen and oxygen atoms in total. The van der Waals surface area contributed by atoms with Gasteiger partial charge in [0.25, 0.3) is 0 Å². The molecule has 0 radical (unpaired) electrons. The predicted octanol–water partition coefficient (Wildman–Crippen LogP) is 5.03. The van der Waals surface area contributed by atoms with Crippen LogP contribution in [0.5, 0.6) is 0 Å². The highest BCUT2D eigenvalue weighted by molar-refractivity contribution is 5.82. The molecule has 0 amide bonds. The standard InChI is InChI=1S/C24H25N5/c1-17-3-6-20(7-4-17)29-22-16-25-12-9-21(22)27-24(29)19-5-8-23(26-15-19)28-13-10-18(2)11-14-28/h3-9,12,15-16,18H,10-11,13-14H2,1-2H3. The first kappa shape index (κ1) is 17.9. The number of nitrogens with zero attached hydrogens (tertiary/aromatic N) is 5. The van der Waals surface area contributed by atoms with Gasteiger partial charge in [-0.25, -0.2) is 9.97 Å². The highest BCUT2D eigenvalue weighted by atomic mass is 15.2. The Morgan fingerprint density at radius 1 is 0.931 bits per heavy atom. The summed E-state index contributed by atoms with van der Waals surface area (Å²) in [6.07, 6.45) is 8.09. The number of rotatable bonds is 3. The largest absolute Gasteiger partial charge is 0.357 e. The molecule has 0 bridgehead atoms. The lowest BCUT2D eigenvalue weighted by Gasteiger charge is -2.31. The molecule has 5 rings (SSSR count). The molecule has 1 aliphatic heterocycles. The minimum Gasteiger partial charge on any atom is -0.357 e. The number of aromatic nitrogens is 4. The van der Waals surface area contributed by atoms with Crippen molar-refractivity contribution in [3.05, 3.63) is 66.6 Å². The first-order chi connectivity index (χ1) is 14.2. The first-order valence-electron chi connectivity index (χ1n) is 10.3. The molecule has 1 aliphatic rings. The van der Waals surface area contributed by atoms with Crippen LogP contribution in [0.25, 0.3) is 28.1 Å². The van der Waals surface area contributed by atoms with Crippen LogP contribution < -0.4 is 4.90 Å². The van der Waals surface area contributed by atoms with Crippen LogP contribution in [0.15, 0.2) is 61.1 Å². The Kier molecular flexibility index (Phi) is 4.51. The Hall–Kier alpha value is -3.21. The molecule has 0 atom stereocenters. The van der Waals surface area contributed by atoms with E-state index in [1.807, 2.05) is 18.5 Å². The van der Waals surface area contributed by atoms with Gasteiger partial charge in [0.15, 0.2) is 0 Å². The van der Waals surface area contributed by atoms with Crippen LogP contribution in [-0.4, -0.2) is 32.6 Å². The van der Waals surface area contributed by atoms with Gasteiger partial charge in [-0.1, -0.05) is 24.6 Å². The van der Waals surface area contributed by atoms with Crippen molar-refractivity contribution in [2.45, 2.75) is 26.7 Å². The number of benzene rings is 1. The maximum Gasteiger partial charge on any atom is 0.147 e. The molecule has 4 heterocycles. The lowest BCUT2D eigenvalue weighted by molar-refractivity contribution is 0.436. The Morgan fingerprint density at radius 2 is 1.72 bits per heavy atom. The third-order valence-corrected chi connectivity index (χ3v) is 5.86. The topological polar surface area (TPSA) is 46.8 Å². The number of imidazole rings is 1. The molecule has 29 heavy (non-hydrogen) atoms. The number of fused-ring (bicyclic) bond motifs is 1. The zero-order valence-electron chi connectivity index (χ0n) is 16.9. The van der Waals surface area contributed by atoms with Gasteiger partial charge in [-0.3, -0.25) is 9.55 Å². The normalized spacial score (nSPS) is 15.2. The minimum atomic E-state index is 0.813. The second kappa shape index (κ2) is 7.32. The molecule has 5 heteroatoms.